The summed E-state index contributed by atoms with van der Waals surface area (Å²) in [5.74, 6) is 0.305. The van der Waals surface area contributed by atoms with Crippen LogP contribution in [0.2, 0.25) is 5.02 Å². The number of hydrogen-bond donors (Lipinski definition) is 1. The van der Waals surface area contributed by atoms with E-state index in [1.165, 1.54) is 31.3 Å². The van der Waals surface area contributed by atoms with Crippen molar-refractivity contribution in [2.75, 3.05) is 20.2 Å². The Balaban J connectivity index is 1.86. The highest BCUT2D eigenvalue weighted by Gasteiger charge is 2.23. The van der Waals surface area contributed by atoms with Gasteiger partial charge in [-0.25, -0.2) is 8.42 Å². The predicted octanol–water partition coefficient (Wildman–Crippen LogP) is 2.85. The maximum Gasteiger partial charge on any atom is 0.243 e. The second-order valence-corrected chi connectivity index (χ2v) is 8.79. The molecule has 2 aromatic rings. The van der Waals surface area contributed by atoms with Crippen molar-refractivity contribution < 1.29 is 17.9 Å². The number of likely N-dealkylation sites (N-methyl/N-ethyl adjacent to an activating group) is 1. The summed E-state index contributed by atoms with van der Waals surface area (Å²) in [5, 5.41) is 3.18. The average Bonchev–Trinajstić information content (AvgIpc) is 2.61. The molecule has 0 aliphatic rings. The van der Waals surface area contributed by atoms with Crippen LogP contribution in [0.1, 0.15) is 12.5 Å². The number of carbonyl (C=O) groups is 1. The van der Waals surface area contributed by atoms with Crippen LogP contribution >= 0.6 is 11.6 Å². The second-order valence-electron chi connectivity index (χ2n) is 6.31. The Morgan fingerprint density at radius 1 is 1.15 bits per heavy atom. The van der Waals surface area contributed by atoms with Crippen LogP contribution in [0.25, 0.3) is 0 Å². The van der Waals surface area contributed by atoms with Gasteiger partial charge in [0.25, 0.3) is 0 Å². The van der Waals surface area contributed by atoms with Gasteiger partial charge in [-0.3, -0.25) is 4.79 Å². The number of amides is 1. The Bertz CT molecular complexity index is 868. The molecule has 1 atom stereocenters. The molecule has 0 saturated heterocycles. The van der Waals surface area contributed by atoms with Gasteiger partial charge in [-0.2, -0.15) is 4.31 Å². The SMILES string of the molecule is Cc1ccc(OC[C@H](C)NC(=O)CN(C)S(=O)(=O)c2ccc(Cl)cc2)cc1. The maximum atomic E-state index is 12.5. The van der Waals surface area contributed by atoms with Crippen LogP contribution in [-0.2, 0) is 14.8 Å². The number of nitrogens with zero attached hydrogens (tertiary/aromatic N) is 1. The van der Waals surface area contributed by atoms with Gasteiger partial charge in [0.1, 0.15) is 12.4 Å². The molecule has 0 aliphatic carbocycles. The van der Waals surface area contributed by atoms with Gasteiger partial charge in [0.15, 0.2) is 0 Å². The molecule has 8 heteroatoms. The van der Waals surface area contributed by atoms with E-state index in [0.717, 1.165) is 9.87 Å². The van der Waals surface area contributed by atoms with Crippen LogP contribution < -0.4 is 10.1 Å². The second kappa shape index (κ2) is 9.21. The summed E-state index contributed by atoms with van der Waals surface area (Å²) >= 11 is 5.78. The first-order valence-electron chi connectivity index (χ1n) is 8.39. The monoisotopic (exact) mass is 410 g/mol. The highest BCUT2D eigenvalue weighted by molar-refractivity contribution is 7.89. The fourth-order valence-electron chi connectivity index (χ4n) is 2.29. The molecule has 6 nitrogen and oxygen atoms in total. The van der Waals surface area contributed by atoms with Crippen LogP contribution in [0.15, 0.2) is 53.4 Å². The topological polar surface area (TPSA) is 75.7 Å². The molecule has 0 unspecified atom stereocenters. The van der Waals surface area contributed by atoms with Crippen molar-refractivity contribution in [3.05, 3.63) is 59.1 Å². The number of ether oxygens (including phenoxy) is 1. The number of sulfonamides is 1. The molecule has 0 aromatic heterocycles. The Kier molecular flexibility index (Phi) is 7.24. The highest BCUT2D eigenvalue weighted by Crippen LogP contribution is 2.17. The number of halogens is 1. The summed E-state index contributed by atoms with van der Waals surface area (Å²) < 4.78 is 31.6. The zero-order chi connectivity index (χ0) is 20.0. The first-order valence-corrected chi connectivity index (χ1v) is 10.2. The summed E-state index contributed by atoms with van der Waals surface area (Å²) in [4.78, 5) is 12.2. The fraction of sp³-hybridized carbons (Fsp3) is 0.316. The average molecular weight is 411 g/mol. The number of nitrogens with one attached hydrogen (secondary N) is 1. The van der Waals surface area contributed by atoms with Gasteiger partial charge in [-0.15, -0.1) is 0 Å². The van der Waals surface area contributed by atoms with Crippen LogP contribution in [0.3, 0.4) is 0 Å². The lowest BCUT2D eigenvalue weighted by molar-refractivity contribution is -0.121. The van der Waals surface area contributed by atoms with Crippen LogP contribution in [0.4, 0.5) is 0 Å². The molecule has 2 aromatic carbocycles. The third-order valence-electron chi connectivity index (χ3n) is 3.82. The zero-order valence-corrected chi connectivity index (χ0v) is 17.0. The number of hydrogen-bond acceptors (Lipinski definition) is 4. The first kappa shape index (κ1) is 21.2. The van der Waals surface area contributed by atoms with E-state index >= 15 is 0 Å². The number of aryl methyl sites for hydroxylation is 1. The van der Waals surface area contributed by atoms with Gasteiger partial charge < -0.3 is 10.1 Å². The minimum atomic E-state index is -3.76. The Hall–Kier alpha value is -2.09. The Morgan fingerprint density at radius 3 is 2.33 bits per heavy atom. The van der Waals surface area contributed by atoms with Crippen molar-refractivity contribution in [3.63, 3.8) is 0 Å². The summed E-state index contributed by atoms with van der Waals surface area (Å²) in [7, 11) is -2.41. The molecule has 2 rings (SSSR count). The zero-order valence-electron chi connectivity index (χ0n) is 15.5. The molecule has 0 saturated carbocycles. The minimum Gasteiger partial charge on any atom is -0.491 e. The van der Waals surface area contributed by atoms with E-state index < -0.39 is 15.9 Å². The van der Waals surface area contributed by atoms with Crippen molar-refractivity contribution in [1.82, 2.24) is 9.62 Å². The normalized spacial score (nSPS) is 12.6. The van der Waals surface area contributed by atoms with Gasteiger partial charge in [0.2, 0.25) is 15.9 Å². The molecule has 0 radical (unpaired) electrons. The Morgan fingerprint density at radius 2 is 1.74 bits per heavy atom. The lowest BCUT2D eigenvalue weighted by Crippen LogP contribution is -2.43. The molecule has 0 spiro atoms. The van der Waals surface area contributed by atoms with E-state index in [2.05, 4.69) is 5.32 Å². The molecule has 146 valence electrons. The van der Waals surface area contributed by atoms with Gasteiger partial charge in [0.05, 0.1) is 17.5 Å². The van der Waals surface area contributed by atoms with Gasteiger partial charge in [-0.05, 0) is 50.2 Å². The van der Waals surface area contributed by atoms with Gasteiger partial charge in [0, 0.05) is 12.1 Å². The highest BCUT2D eigenvalue weighted by atomic mass is 35.5. The van der Waals surface area contributed by atoms with Crippen LogP contribution in [0, 0.1) is 6.92 Å². The van der Waals surface area contributed by atoms with E-state index in [1.807, 2.05) is 31.2 Å². The van der Waals surface area contributed by atoms with E-state index in [4.69, 9.17) is 16.3 Å². The smallest absolute Gasteiger partial charge is 0.243 e. The van der Waals surface area contributed by atoms with Crippen molar-refractivity contribution in [2.24, 2.45) is 0 Å². The molecular formula is C19H23ClN2O4S. The van der Waals surface area contributed by atoms with E-state index in [0.29, 0.717) is 10.8 Å². The van der Waals surface area contributed by atoms with Gasteiger partial charge >= 0.3 is 0 Å². The lowest BCUT2D eigenvalue weighted by atomic mass is 10.2. The van der Waals surface area contributed by atoms with Crippen LogP contribution in [-0.4, -0.2) is 44.9 Å². The third kappa shape index (κ3) is 6.23. The van der Waals surface area contributed by atoms with Crippen molar-refractivity contribution >= 4 is 27.5 Å². The maximum absolute atomic E-state index is 12.5. The Labute approximate surface area is 165 Å². The quantitative estimate of drug-likeness (QED) is 0.726. The number of benzene rings is 2. The molecule has 1 amide bonds. The molecular weight excluding hydrogens is 388 g/mol. The van der Waals surface area contributed by atoms with Crippen molar-refractivity contribution in [3.8, 4) is 5.75 Å². The molecule has 27 heavy (non-hydrogen) atoms. The van der Waals surface area contributed by atoms with E-state index in [1.54, 1.807) is 6.92 Å². The fourth-order valence-corrected chi connectivity index (χ4v) is 3.54. The summed E-state index contributed by atoms with van der Waals surface area (Å²) in [6.07, 6.45) is 0. The van der Waals surface area contributed by atoms with E-state index in [-0.39, 0.29) is 24.1 Å². The van der Waals surface area contributed by atoms with Crippen LogP contribution in [0.5, 0.6) is 5.75 Å². The number of carbonyl (C=O) groups excluding carboxylic acids is 1. The molecule has 1 N–H and O–H groups in total. The molecule has 0 fully saturated rings. The molecule has 0 heterocycles. The standard InChI is InChI=1S/C19H23ClN2O4S/c1-14-4-8-17(9-5-14)26-13-15(2)21-19(23)12-22(3)27(24,25)18-10-6-16(20)7-11-18/h4-11,15H,12-13H2,1-3H3,(H,21,23)/t15-/m0/s1. The lowest BCUT2D eigenvalue weighted by Gasteiger charge is -2.19. The van der Waals surface area contributed by atoms with Crippen molar-refractivity contribution in [2.45, 2.75) is 24.8 Å². The van der Waals surface area contributed by atoms with E-state index in [9.17, 15) is 13.2 Å². The third-order valence-corrected chi connectivity index (χ3v) is 5.89. The minimum absolute atomic E-state index is 0.0814. The van der Waals surface area contributed by atoms with Gasteiger partial charge in [-0.1, -0.05) is 29.3 Å². The molecule has 0 bridgehead atoms. The predicted molar refractivity (Wildman–Crippen MR) is 106 cm³/mol. The number of rotatable bonds is 8. The summed E-state index contributed by atoms with van der Waals surface area (Å²) in [5.41, 5.74) is 1.13. The van der Waals surface area contributed by atoms with Crippen molar-refractivity contribution in [1.29, 1.82) is 0 Å². The summed E-state index contributed by atoms with van der Waals surface area (Å²) in [6, 6.07) is 13.1. The largest absolute Gasteiger partial charge is 0.491 e. The first-order chi connectivity index (χ1) is 12.7. The molecule has 0 aliphatic heterocycles. The summed E-state index contributed by atoms with van der Waals surface area (Å²) in [6.45, 7) is 3.77.